The molecule has 0 heterocycles. The Labute approximate surface area is 369 Å². The highest BCUT2D eigenvalue weighted by molar-refractivity contribution is 5.83. The minimum absolute atomic E-state index is 0.0303. The summed E-state index contributed by atoms with van der Waals surface area (Å²) in [7, 11) is 1.71. The van der Waals surface area contributed by atoms with E-state index in [1.165, 1.54) is 54.1 Å². The van der Waals surface area contributed by atoms with E-state index in [4.69, 9.17) is 18.9 Å². The number of hydrogen-bond acceptors (Lipinski definition) is 7. The van der Waals surface area contributed by atoms with Crippen molar-refractivity contribution in [3.8, 4) is 0 Å². The molecule has 0 radical (unpaired) electrons. The number of benzene rings is 2. The summed E-state index contributed by atoms with van der Waals surface area (Å²) in [6.45, 7) is 13.5. The van der Waals surface area contributed by atoms with Crippen molar-refractivity contribution in [1.29, 1.82) is 0 Å². The van der Waals surface area contributed by atoms with Crippen LogP contribution in [0.3, 0.4) is 0 Å². The van der Waals surface area contributed by atoms with Gasteiger partial charge in [0.25, 0.3) is 11.2 Å². The topological polar surface area (TPSA) is 91.3 Å². The van der Waals surface area contributed by atoms with Gasteiger partial charge in [0.05, 0.1) is 5.60 Å². The second kappa shape index (κ2) is 20.5. The lowest BCUT2D eigenvalue weighted by Crippen LogP contribution is -2.62. The Bertz CT molecular complexity index is 1940. The lowest BCUT2D eigenvalue weighted by molar-refractivity contribution is -0.283. The van der Waals surface area contributed by atoms with Crippen LogP contribution in [0.25, 0.3) is 0 Å². The summed E-state index contributed by atoms with van der Waals surface area (Å²) in [5.74, 6) is -3.14. The Hall–Kier alpha value is -3.94. The predicted octanol–water partition coefficient (Wildman–Crippen LogP) is 12.4. The van der Waals surface area contributed by atoms with E-state index in [1.807, 2.05) is 33.8 Å². The van der Waals surface area contributed by atoms with Crippen LogP contribution in [0.1, 0.15) is 124 Å². The lowest BCUT2D eigenvalue weighted by atomic mass is 9.44. The molecule has 2 fully saturated rings. The van der Waals surface area contributed by atoms with Gasteiger partial charge >= 0.3 is 24.3 Å². The van der Waals surface area contributed by atoms with Crippen LogP contribution in [0.15, 0.2) is 95.6 Å². The molecule has 2 aromatic rings. The van der Waals surface area contributed by atoms with Crippen molar-refractivity contribution in [3.05, 3.63) is 107 Å². The van der Waals surface area contributed by atoms with Gasteiger partial charge in [0.1, 0.15) is 12.7 Å². The Kier molecular flexibility index (Phi) is 16.8. The third-order valence-electron chi connectivity index (χ3n) is 14.0. The number of methoxy groups -OCH3 is 2. The minimum atomic E-state index is -5.07. The molecule has 0 aliphatic heterocycles. The fourth-order valence-corrected chi connectivity index (χ4v) is 10.5. The molecule has 0 spiro atoms. The molecule has 0 bridgehead atoms. The number of rotatable bonds is 18. The number of alkyl halides is 6. The molecule has 350 valence electrons. The molecule has 63 heavy (non-hydrogen) atoms. The normalized spacial score (nSPS) is 26.5. The molecule has 7 nitrogen and oxygen atoms in total. The zero-order valence-electron chi connectivity index (χ0n) is 38.2. The van der Waals surface area contributed by atoms with Gasteiger partial charge in [-0.25, -0.2) is 9.59 Å². The molecule has 2 aromatic carbocycles. The zero-order chi connectivity index (χ0) is 47.1. The van der Waals surface area contributed by atoms with Crippen LogP contribution in [0, 0.1) is 22.7 Å². The molecule has 2 aliphatic rings. The Morgan fingerprint density at radius 2 is 1.14 bits per heavy atom. The summed E-state index contributed by atoms with van der Waals surface area (Å²) < 4.78 is 107. The number of allylic oxidation sites excluding steroid dienone is 5. The summed E-state index contributed by atoms with van der Waals surface area (Å²) >= 11 is 0. The molecule has 2 aliphatic carbocycles. The average Bonchev–Trinajstić information content (AvgIpc) is 3.20. The average molecular weight is 893 g/mol. The standard InChI is InChI=1S/C50H66F6O7/c1-34(21-17-23-36(3)33-62-42(57)47(60-8,49(51,52)53)37-24-12-10-13-25-37)19-16-20-35(2)22-18-28-40-45(6)31-30-41(44(4,5)39(45)29-32-46(40,7)59)63-43(58)48(61-9,50(54,55)56)38-26-14-11-15-27-38/h10-15,19,22-27,39-41,59H,16-18,20-21,28-33H2,1-9H3/b34-19+,35-22+,36-23+/t39-,40+,41-,45-,46+,47+,48+/m0/s1. The third-order valence-corrected chi connectivity index (χ3v) is 14.0. The highest BCUT2D eigenvalue weighted by atomic mass is 19.4. The maximum atomic E-state index is 14.7. The van der Waals surface area contributed by atoms with E-state index >= 15 is 0 Å². The van der Waals surface area contributed by atoms with E-state index < -0.39 is 52.6 Å². The predicted molar refractivity (Wildman–Crippen MR) is 230 cm³/mol. The van der Waals surface area contributed by atoms with Gasteiger partial charge in [-0.2, -0.15) is 26.3 Å². The van der Waals surface area contributed by atoms with Gasteiger partial charge < -0.3 is 24.1 Å². The van der Waals surface area contributed by atoms with E-state index in [9.17, 15) is 41.0 Å². The quantitative estimate of drug-likeness (QED) is 0.0905. The maximum absolute atomic E-state index is 14.7. The molecule has 4 rings (SSSR count). The molecule has 0 saturated heterocycles. The van der Waals surface area contributed by atoms with Crippen LogP contribution >= 0.6 is 0 Å². The second-order valence-electron chi connectivity index (χ2n) is 18.6. The minimum Gasteiger partial charge on any atom is -0.459 e. The first-order chi connectivity index (χ1) is 29.3. The van der Waals surface area contributed by atoms with Crippen molar-refractivity contribution in [2.75, 3.05) is 20.8 Å². The van der Waals surface area contributed by atoms with Crippen LogP contribution in [-0.4, -0.2) is 61.9 Å². The third kappa shape index (κ3) is 11.0. The van der Waals surface area contributed by atoms with Crippen molar-refractivity contribution in [2.24, 2.45) is 22.7 Å². The molecule has 0 unspecified atom stereocenters. The Morgan fingerprint density at radius 1 is 0.683 bits per heavy atom. The molecular formula is C50H66F6O7. The van der Waals surface area contributed by atoms with Crippen molar-refractivity contribution < 1.29 is 60.0 Å². The molecule has 13 heteroatoms. The number of hydrogen-bond donors (Lipinski definition) is 1. The zero-order valence-corrected chi connectivity index (χ0v) is 38.2. The highest BCUT2D eigenvalue weighted by Gasteiger charge is 2.67. The van der Waals surface area contributed by atoms with Gasteiger partial charge in [0.15, 0.2) is 0 Å². The van der Waals surface area contributed by atoms with Gasteiger partial charge in [-0.1, -0.05) is 111 Å². The van der Waals surface area contributed by atoms with Crippen LogP contribution in [-0.2, 0) is 39.7 Å². The molecule has 1 N–H and O–H groups in total. The number of carbonyl (C=O) groups is 2. The lowest BCUT2D eigenvalue weighted by Gasteiger charge is -2.62. The van der Waals surface area contributed by atoms with Gasteiger partial charge in [-0.3, -0.25) is 0 Å². The molecule has 0 amide bonds. The highest BCUT2D eigenvalue weighted by Crippen LogP contribution is 2.64. The molecule has 0 aromatic heterocycles. The summed E-state index contributed by atoms with van der Waals surface area (Å²) in [4.78, 5) is 26.5. The molecule has 7 atom stereocenters. The van der Waals surface area contributed by atoms with Gasteiger partial charge in [-0.05, 0) is 115 Å². The first-order valence-corrected chi connectivity index (χ1v) is 21.8. The molecular weight excluding hydrogens is 827 g/mol. The van der Waals surface area contributed by atoms with Crippen molar-refractivity contribution in [1.82, 2.24) is 0 Å². The largest absolute Gasteiger partial charge is 0.459 e. The Balaban J connectivity index is 1.31. The Morgan fingerprint density at radius 3 is 1.62 bits per heavy atom. The van der Waals surface area contributed by atoms with Crippen LogP contribution in [0.4, 0.5) is 26.3 Å². The van der Waals surface area contributed by atoms with E-state index in [-0.39, 0.29) is 35.0 Å². The van der Waals surface area contributed by atoms with Crippen LogP contribution < -0.4 is 0 Å². The first kappa shape index (κ1) is 51.7. The summed E-state index contributed by atoms with van der Waals surface area (Å²) in [5, 5.41) is 11.8. The SMILES string of the molecule is CO[C@@](C(=O)OC/C(C)=C/CC/C(C)=C/CC/C(C)=C/CC[C@@H]1[C@@]2(C)CC[C@H](OC(=O)[C@](OC)(c3ccccc3)C(F)(F)F)C(C)(C)[C@@H]2CC[C@@]1(C)O)(c1ccccc1)C(F)(F)F. The summed E-state index contributed by atoms with van der Waals surface area (Å²) in [6.07, 6.45) is 1.82. The van der Waals surface area contributed by atoms with Crippen molar-refractivity contribution in [2.45, 2.75) is 148 Å². The number of carbonyl (C=O) groups excluding carboxylic acids is 2. The van der Waals surface area contributed by atoms with E-state index in [0.29, 0.717) is 37.7 Å². The number of aliphatic hydroxyl groups is 1. The fraction of sp³-hybridized carbons (Fsp3) is 0.600. The monoisotopic (exact) mass is 892 g/mol. The van der Waals surface area contributed by atoms with Crippen molar-refractivity contribution >= 4 is 11.9 Å². The number of esters is 2. The van der Waals surface area contributed by atoms with Gasteiger partial charge in [0, 0.05) is 30.8 Å². The van der Waals surface area contributed by atoms with Gasteiger partial charge in [0.2, 0.25) is 0 Å². The van der Waals surface area contributed by atoms with E-state index in [2.05, 4.69) is 26.0 Å². The van der Waals surface area contributed by atoms with Crippen LogP contribution in [0.5, 0.6) is 0 Å². The van der Waals surface area contributed by atoms with Crippen LogP contribution in [0.2, 0.25) is 0 Å². The first-order valence-electron chi connectivity index (χ1n) is 21.8. The smallest absolute Gasteiger partial charge is 0.432 e. The second-order valence-corrected chi connectivity index (χ2v) is 18.6. The van der Waals surface area contributed by atoms with E-state index in [0.717, 1.165) is 51.9 Å². The molecule has 2 saturated carbocycles. The van der Waals surface area contributed by atoms with Gasteiger partial charge in [-0.15, -0.1) is 0 Å². The fourth-order valence-electron chi connectivity index (χ4n) is 10.5. The summed E-state index contributed by atoms with van der Waals surface area (Å²) in [5.41, 5.74) is -6.23. The maximum Gasteiger partial charge on any atom is 0.432 e. The number of fused-ring (bicyclic) bond motifs is 1. The summed E-state index contributed by atoms with van der Waals surface area (Å²) in [6, 6.07) is 13.5. The van der Waals surface area contributed by atoms with E-state index in [1.54, 1.807) is 19.1 Å². The number of halogens is 6. The number of ether oxygens (including phenoxy) is 4. The van der Waals surface area contributed by atoms with Crippen molar-refractivity contribution in [3.63, 3.8) is 0 Å².